The van der Waals surface area contributed by atoms with E-state index in [4.69, 9.17) is 10.6 Å². The highest BCUT2D eigenvalue weighted by Crippen LogP contribution is 2.46. The Morgan fingerprint density at radius 1 is 1.14 bits per heavy atom. The van der Waals surface area contributed by atoms with Gasteiger partial charge in [0.15, 0.2) is 6.10 Å². The Bertz CT molecular complexity index is 976. The molecular weight excluding hydrogens is 362 g/mol. The van der Waals surface area contributed by atoms with E-state index in [0.717, 1.165) is 10.5 Å². The first kappa shape index (κ1) is 18.1. The molecule has 3 N–H and O–H groups in total. The first-order valence-corrected chi connectivity index (χ1v) is 8.82. The minimum absolute atomic E-state index is 0.00695. The molecule has 0 radical (unpaired) electrons. The lowest BCUT2D eigenvalue weighted by Gasteiger charge is -2.26. The van der Waals surface area contributed by atoms with Gasteiger partial charge in [0, 0.05) is 0 Å². The molecule has 8 heteroatoms. The van der Waals surface area contributed by atoms with Crippen LogP contribution < -0.4 is 10.6 Å². The van der Waals surface area contributed by atoms with Gasteiger partial charge in [0.2, 0.25) is 11.8 Å². The van der Waals surface area contributed by atoms with Gasteiger partial charge >= 0.3 is 0 Å². The van der Waals surface area contributed by atoms with Crippen LogP contribution in [0.4, 0.5) is 5.69 Å². The molecule has 8 nitrogen and oxygen atoms in total. The zero-order valence-electron chi connectivity index (χ0n) is 15.1. The molecule has 0 saturated carbocycles. The largest absolute Gasteiger partial charge is 0.508 e. The highest BCUT2D eigenvalue weighted by molar-refractivity contribution is 6.24. The molecule has 3 atom stereocenters. The Morgan fingerprint density at radius 2 is 1.89 bits per heavy atom. The summed E-state index contributed by atoms with van der Waals surface area (Å²) in [5.74, 6) is -2.40. The second kappa shape index (κ2) is 6.74. The Hall–Kier alpha value is -3.23. The number of carbonyl (C=O) groups excluding carboxylic acids is 3. The molecule has 0 aliphatic carbocycles. The van der Waals surface area contributed by atoms with E-state index in [1.165, 1.54) is 17.2 Å². The van der Waals surface area contributed by atoms with Gasteiger partial charge < -0.3 is 10.8 Å². The summed E-state index contributed by atoms with van der Waals surface area (Å²) in [6, 6.07) is 12.7. The van der Waals surface area contributed by atoms with Crippen molar-refractivity contribution in [3.05, 3.63) is 59.7 Å². The normalized spacial score (nSPS) is 24.6. The first-order valence-electron chi connectivity index (χ1n) is 8.82. The number of primary amides is 1. The fraction of sp³-hybridized carbons (Fsp3) is 0.250. The maximum atomic E-state index is 13.3. The standard InChI is InChI=1S/C20H19N3O5/c1-11-5-2-3-8-14(11)23-19(26)16-17(12-6-4-7-13(24)9-12)22(10-15(21)25)28-18(16)20(23)27/h2-9,16-18,24H,10H2,1H3,(H2,21,25). The minimum atomic E-state index is -1.06. The van der Waals surface area contributed by atoms with Gasteiger partial charge in [-0.2, -0.15) is 5.06 Å². The number of hydrogen-bond donors (Lipinski definition) is 2. The number of phenolic OH excluding ortho intramolecular Hbond substituents is 1. The van der Waals surface area contributed by atoms with E-state index in [2.05, 4.69) is 0 Å². The second-order valence-corrected chi connectivity index (χ2v) is 6.93. The zero-order valence-corrected chi connectivity index (χ0v) is 15.1. The molecule has 2 fully saturated rings. The molecule has 0 spiro atoms. The smallest absolute Gasteiger partial charge is 0.265 e. The molecular formula is C20H19N3O5. The second-order valence-electron chi connectivity index (χ2n) is 6.93. The van der Waals surface area contributed by atoms with Crippen molar-refractivity contribution in [1.82, 2.24) is 5.06 Å². The summed E-state index contributed by atoms with van der Waals surface area (Å²) in [4.78, 5) is 44.6. The summed E-state index contributed by atoms with van der Waals surface area (Å²) >= 11 is 0. The SMILES string of the molecule is Cc1ccccc1N1C(=O)C2ON(CC(N)=O)C(c3cccc(O)c3)C2C1=O. The lowest BCUT2D eigenvalue weighted by molar-refractivity contribution is -0.175. The average Bonchev–Trinajstić information content (AvgIpc) is 3.11. The number of nitrogens with two attached hydrogens (primary N) is 1. The number of anilines is 1. The minimum Gasteiger partial charge on any atom is -0.508 e. The van der Waals surface area contributed by atoms with Gasteiger partial charge in [-0.15, -0.1) is 0 Å². The van der Waals surface area contributed by atoms with Crippen molar-refractivity contribution in [3.8, 4) is 5.75 Å². The number of phenols is 1. The van der Waals surface area contributed by atoms with Crippen LogP contribution in [-0.4, -0.2) is 40.5 Å². The number of hydroxylamine groups is 2. The molecule has 2 saturated heterocycles. The molecule has 2 aromatic rings. The molecule has 4 rings (SSSR count). The number of carbonyl (C=O) groups is 3. The van der Waals surface area contributed by atoms with E-state index < -0.39 is 35.8 Å². The number of fused-ring (bicyclic) bond motifs is 1. The van der Waals surface area contributed by atoms with Crippen molar-refractivity contribution in [1.29, 1.82) is 0 Å². The molecule has 2 aromatic carbocycles. The molecule has 2 aliphatic heterocycles. The van der Waals surface area contributed by atoms with E-state index in [9.17, 15) is 19.5 Å². The summed E-state index contributed by atoms with van der Waals surface area (Å²) in [5, 5.41) is 11.1. The molecule has 3 unspecified atom stereocenters. The van der Waals surface area contributed by atoms with E-state index in [1.54, 1.807) is 24.3 Å². The Labute approximate surface area is 161 Å². The van der Waals surface area contributed by atoms with Gasteiger partial charge in [0.1, 0.15) is 12.3 Å². The van der Waals surface area contributed by atoms with Crippen molar-refractivity contribution < 1.29 is 24.3 Å². The zero-order chi connectivity index (χ0) is 20.0. The summed E-state index contributed by atoms with van der Waals surface area (Å²) in [7, 11) is 0. The Kier molecular flexibility index (Phi) is 4.37. The van der Waals surface area contributed by atoms with Crippen LogP contribution in [-0.2, 0) is 19.2 Å². The number of aryl methyl sites for hydroxylation is 1. The van der Waals surface area contributed by atoms with Crippen LogP contribution in [0.25, 0.3) is 0 Å². The van der Waals surface area contributed by atoms with Crippen LogP contribution in [0, 0.1) is 12.8 Å². The summed E-state index contributed by atoms with van der Waals surface area (Å²) < 4.78 is 0. The maximum absolute atomic E-state index is 13.3. The molecule has 28 heavy (non-hydrogen) atoms. The fourth-order valence-corrected chi connectivity index (χ4v) is 3.89. The predicted octanol–water partition coefficient (Wildman–Crippen LogP) is 1.03. The highest BCUT2D eigenvalue weighted by Gasteiger charge is 2.60. The van der Waals surface area contributed by atoms with Gasteiger partial charge in [0.05, 0.1) is 17.6 Å². The van der Waals surface area contributed by atoms with Gasteiger partial charge in [0.25, 0.3) is 5.91 Å². The van der Waals surface area contributed by atoms with Gasteiger partial charge in [-0.05, 0) is 36.2 Å². The van der Waals surface area contributed by atoms with Gasteiger partial charge in [-0.25, -0.2) is 4.90 Å². The third-order valence-corrected chi connectivity index (χ3v) is 5.07. The van der Waals surface area contributed by atoms with Crippen LogP contribution in [0.2, 0.25) is 0 Å². The van der Waals surface area contributed by atoms with Crippen LogP contribution in [0.1, 0.15) is 17.2 Å². The highest BCUT2D eigenvalue weighted by atomic mass is 16.7. The lowest BCUT2D eigenvalue weighted by Crippen LogP contribution is -2.40. The monoisotopic (exact) mass is 381 g/mol. The van der Waals surface area contributed by atoms with Crippen LogP contribution in [0.5, 0.6) is 5.75 Å². The van der Waals surface area contributed by atoms with Gasteiger partial charge in [-0.1, -0.05) is 30.3 Å². The molecule has 3 amide bonds. The number of para-hydroxylation sites is 1. The topological polar surface area (TPSA) is 113 Å². The number of benzene rings is 2. The Morgan fingerprint density at radius 3 is 2.57 bits per heavy atom. The summed E-state index contributed by atoms with van der Waals surface area (Å²) in [6.45, 7) is 1.54. The van der Waals surface area contributed by atoms with Crippen LogP contribution >= 0.6 is 0 Å². The number of rotatable bonds is 4. The predicted molar refractivity (Wildman–Crippen MR) is 98.8 cm³/mol. The van der Waals surface area contributed by atoms with E-state index in [-0.39, 0.29) is 12.3 Å². The number of amides is 3. The molecule has 2 aliphatic rings. The van der Waals surface area contributed by atoms with Crippen LogP contribution in [0.3, 0.4) is 0 Å². The van der Waals surface area contributed by atoms with E-state index in [1.807, 2.05) is 19.1 Å². The maximum Gasteiger partial charge on any atom is 0.265 e. The van der Waals surface area contributed by atoms with Crippen molar-refractivity contribution >= 4 is 23.4 Å². The average molecular weight is 381 g/mol. The third kappa shape index (κ3) is 2.83. The van der Waals surface area contributed by atoms with Crippen LogP contribution in [0.15, 0.2) is 48.5 Å². The number of hydrogen-bond acceptors (Lipinski definition) is 6. The summed E-state index contributed by atoms with van der Waals surface area (Å²) in [6.07, 6.45) is -1.06. The molecule has 144 valence electrons. The van der Waals surface area contributed by atoms with Crippen molar-refractivity contribution in [2.24, 2.45) is 11.7 Å². The fourth-order valence-electron chi connectivity index (χ4n) is 3.89. The molecule has 0 aromatic heterocycles. The van der Waals surface area contributed by atoms with E-state index >= 15 is 0 Å². The van der Waals surface area contributed by atoms with Crippen molar-refractivity contribution in [2.45, 2.75) is 19.1 Å². The molecule has 0 bridgehead atoms. The Balaban J connectivity index is 1.77. The first-order chi connectivity index (χ1) is 13.4. The third-order valence-electron chi connectivity index (χ3n) is 5.07. The number of imide groups is 1. The molecule has 2 heterocycles. The quantitative estimate of drug-likeness (QED) is 0.765. The van der Waals surface area contributed by atoms with Gasteiger partial charge in [-0.3, -0.25) is 19.2 Å². The number of aromatic hydroxyl groups is 1. The number of nitrogens with zero attached hydrogens (tertiary/aromatic N) is 2. The van der Waals surface area contributed by atoms with Crippen molar-refractivity contribution in [3.63, 3.8) is 0 Å². The van der Waals surface area contributed by atoms with Crippen molar-refractivity contribution in [2.75, 3.05) is 11.4 Å². The lowest BCUT2D eigenvalue weighted by atomic mass is 9.90. The summed E-state index contributed by atoms with van der Waals surface area (Å²) in [5.41, 5.74) is 7.16. The van der Waals surface area contributed by atoms with E-state index in [0.29, 0.717) is 11.3 Å².